The van der Waals surface area contributed by atoms with Crippen LogP contribution in [0.3, 0.4) is 0 Å². The van der Waals surface area contributed by atoms with Gasteiger partial charge in [-0.3, -0.25) is 4.99 Å². The Balaban J connectivity index is 3.81. The van der Waals surface area contributed by atoms with E-state index in [4.69, 9.17) is 5.11 Å². The van der Waals surface area contributed by atoms with E-state index in [-0.39, 0.29) is 5.76 Å². The zero-order chi connectivity index (χ0) is 7.82. The Bertz CT molecular complexity index is 157. The lowest BCUT2D eigenvalue weighted by Gasteiger charge is -1.85. The summed E-state index contributed by atoms with van der Waals surface area (Å²) in [4.78, 5) is 3.85. The fourth-order valence-corrected chi connectivity index (χ4v) is 0.423. The van der Waals surface area contributed by atoms with Crippen LogP contribution in [0, 0.1) is 0 Å². The largest absolute Gasteiger partial charge is 0.506 e. The topological polar surface area (TPSA) is 32.6 Å². The molecule has 0 spiro atoms. The van der Waals surface area contributed by atoms with Gasteiger partial charge in [0, 0.05) is 6.54 Å². The normalized spacial score (nSPS) is 13.6. The predicted octanol–water partition coefficient (Wildman–Crippen LogP) is 2.10. The van der Waals surface area contributed by atoms with Crippen LogP contribution in [-0.2, 0) is 0 Å². The van der Waals surface area contributed by atoms with Gasteiger partial charge < -0.3 is 5.11 Å². The summed E-state index contributed by atoms with van der Waals surface area (Å²) in [6.07, 6.45) is 6.65. The molecule has 0 aromatic heterocycles. The van der Waals surface area contributed by atoms with Crippen LogP contribution in [0.15, 0.2) is 29.0 Å². The van der Waals surface area contributed by atoms with Gasteiger partial charge in [0.15, 0.2) is 0 Å². The smallest absolute Gasteiger partial charge is 0.133 e. The molecule has 0 aliphatic carbocycles. The van der Waals surface area contributed by atoms with Crippen molar-refractivity contribution in [1.29, 1.82) is 0 Å². The van der Waals surface area contributed by atoms with Crippen LogP contribution >= 0.6 is 0 Å². The fourth-order valence-electron chi connectivity index (χ4n) is 0.423. The maximum atomic E-state index is 8.97. The molecule has 0 saturated heterocycles. The second-order valence-electron chi connectivity index (χ2n) is 1.75. The third kappa shape index (κ3) is 5.09. The Hall–Kier alpha value is -1.05. The SMILES string of the molecule is C/C=C/C=C(\O)C=NCC. The molecule has 0 aromatic rings. The molecule has 0 heterocycles. The van der Waals surface area contributed by atoms with Gasteiger partial charge in [-0.1, -0.05) is 12.2 Å². The van der Waals surface area contributed by atoms with Crippen molar-refractivity contribution in [2.75, 3.05) is 6.54 Å². The lowest BCUT2D eigenvalue weighted by atomic mass is 10.4. The van der Waals surface area contributed by atoms with E-state index in [2.05, 4.69) is 4.99 Å². The van der Waals surface area contributed by atoms with E-state index >= 15 is 0 Å². The lowest BCUT2D eigenvalue weighted by Crippen LogP contribution is -1.81. The summed E-state index contributed by atoms with van der Waals surface area (Å²) in [5.74, 6) is 0.194. The second kappa shape index (κ2) is 6.08. The van der Waals surface area contributed by atoms with E-state index in [0.717, 1.165) is 0 Å². The molecule has 2 heteroatoms. The molecule has 0 aliphatic rings. The number of allylic oxidation sites excluding steroid dienone is 4. The van der Waals surface area contributed by atoms with Crippen molar-refractivity contribution < 1.29 is 5.11 Å². The Morgan fingerprint density at radius 3 is 2.80 bits per heavy atom. The predicted molar refractivity (Wildman–Crippen MR) is 44.6 cm³/mol. The van der Waals surface area contributed by atoms with Crippen molar-refractivity contribution in [3.05, 3.63) is 24.0 Å². The first kappa shape index (κ1) is 8.95. The average Bonchev–Trinajstić information content (AvgIpc) is 1.97. The Kier molecular flexibility index (Phi) is 5.44. The molecule has 0 aliphatic heterocycles. The molecule has 1 N–H and O–H groups in total. The van der Waals surface area contributed by atoms with E-state index in [9.17, 15) is 0 Å². The van der Waals surface area contributed by atoms with Gasteiger partial charge >= 0.3 is 0 Å². The van der Waals surface area contributed by atoms with Crippen molar-refractivity contribution in [2.45, 2.75) is 13.8 Å². The van der Waals surface area contributed by atoms with Gasteiger partial charge in [0.1, 0.15) is 5.76 Å². The number of hydrogen-bond acceptors (Lipinski definition) is 2. The minimum Gasteiger partial charge on any atom is -0.506 e. The van der Waals surface area contributed by atoms with Gasteiger partial charge in [-0.15, -0.1) is 0 Å². The fraction of sp³-hybridized carbons (Fsp3) is 0.375. The third-order valence-corrected chi connectivity index (χ3v) is 0.866. The molecular weight excluding hydrogens is 126 g/mol. The van der Waals surface area contributed by atoms with Crippen molar-refractivity contribution in [2.24, 2.45) is 4.99 Å². The molecule has 0 atom stereocenters. The van der Waals surface area contributed by atoms with Crippen LogP contribution in [0.2, 0.25) is 0 Å². The monoisotopic (exact) mass is 139 g/mol. The third-order valence-electron chi connectivity index (χ3n) is 0.866. The van der Waals surface area contributed by atoms with Gasteiger partial charge in [0.2, 0.25) is 0 Å². The second-order valence-corrected chi connectivity index (χ2v) is 1.75. The molecule has 0 amide bonds. The molecule has 0 fully saturated rings. The van der Waals surface area contributed by atoms with E-state index in [1.54, 1.807) is 12.2 Å². The average molecular weight is 139 g/mol. The standard InChI is InChI=1S/C8H13NO/c1-3-5-6-8(10)7-9-4-2/h3,5-7,10H,4H2,1-2H3/b5-3+,8-6-,9-7?. The van der Waals surface area contributed by atoms with Crippen LogP contribution in [-0.4, -0.2) is 17.9 Å². The van der Waals surface area contributed by atoms with E-state index in [0.29, 0.717) is 6.54 Å². The van der Waals surface area contributed by atoms with E-state index in [1.165, 1.54) is 6.21 Å². The van der Waals surface area contributed by atoms with Gasteiger partial charge in [-0.05, 0) is 19.9 Å². The van der Waals surface area contributed by atoms with E-state index in [1.807, 2.05) is 19.9 Å². The van der Waals surface area contributed by atoms with Crippen molar-refractivity contribution in [1.82, 2.24) is 0 Å². The first-order valence-electron chi connectivity index (χ1n) is 3.33. The quantitative estimate of drug-likeness (QED) is 0.362. The van der Waals surface area contributed by atoms with Crippen LogP contribution in [0.5, 0.6) is 0 Å². The lowest BCUT2D eigenvalue weighted by molar-refractivity contribution is 0.446. The highest BCUT2D eigenvalue weighted by molar-refractivity contribution is 5.75. The first-order chi connectivity index (χ1) is 4.81. The van der Waals surface area contributed by atoms with Crippen LogP contribution in [0.25, 0.3) is 0 Å². The molecule has 0 radical (unpaired) electrons. The number of aliphatic hydroxyl groups excluding tert-OH is 1. The van der Waals surface area contributed by atoms with Crippen LogP contribution in [0.1, 0.15) is 13.8 Å². The minimum atomic E-state index is 0.194. The minimum absolute atomic E-state index is 0.194. The highest BCUT2D eigenvalue weighted by atomic mass is 16.3. The van der Waals surface area contributed by atoms with Crippen molar-refractivity contribution in [3.8, 4) is 0 Å². The highest BCUT2D eigenvalue weighted by Crippen LogP contribution is 1.84. The van der Waals surface area contributed by atoms with Gasteiger partial charge in [-0.25, -0.2) is 0 Å². The maximum absolute atomic E-state index is 8.97. The summed E-state index contributed by atoms with van der Waals surface area (Å²) in [5, 5.41) is 8.97. The summed E-state index contributed by atoms with van der Waals surface area (Å²) in [7, 11) is 0. The number of aliphatic imine (C=N–C) groups is 1. The molecule has 2 nitrogen and oxygen atoms in total. The summed E-state index contributed by atoms with van der Waals surface area (Å²) in [6, 6.07) is 0. The molecule has 10 heavy (non-hydrogen) atoms. The summed E-state index contributed by atoms with van der Waals surface area (Å²) in [5.41, 5.74) is 0. The summed E-state index contributed by atoms with van der Waals surface area (Å²) >= 11 is 0. The number of hydrogen-bond donors (Lipinski definition) is 1. The summed E-state index contributed by atoms with van der Waals surface area (Å²) in [6.45, 7) is 4.51. The maximum Gasteiger partial charge on any atom is 0.133 e. The van der Waals surface area contributed by atoms with Crippen molar-refractivity contribution >= 4 is 6.21 Å². The molecule has 56 valence electrons. The molecule has 0 rings (SSSR count). The number of aliphatic hydroxyl groups is 1. The molecule has 0 bridgehead atoms. The Morgan fingerprint density at radius 2 is 2.30 bits per heavy atom. The number of rotatable bonds is 3. The zero-order valence-corrected chi connectivity index (χ0v) is 6.41. The van der Waals surface area contributed by atoms with Gasteiger partial charge in [0.25, 0.3) is 0 Å². The van der Waals surface area contributed by atoms with E-state index < -0.39 is 0 Å². The van der Waals surface area contributed by atoms with Crippen molar-refractivity contribution in [3.63, 3.8) is 0 Å². The van der Waals surface area contributed by atoms with Gasteiger partial charge in [-0.2, -0.15) is 0 Å². The van der Waals surface area contributed by atoms with Gasteiger partial charge in [0.05, 0.1) is 6.21 Å². The molecular formula is C8H13NO. The zero-order valence-electron chi connectivity index (χ0n) is 6.41. The van der Waals surface area contributed by atoms with Crippen LogP contribution in [0.4, 0.5) is 0 Å². The molecule has 0 unspecified atom stereocenters. The number of nitrogens with zero attached hydrogens (tertiary/aromatic N) is 1. The Morgan fingerprint density at radius 1 is 1.60 bits per heavy atom. The van der Waals surface area contributed by atoms with Crippen LogP contribution < -0.4 is 0 Å². The molecule has 0 aromatic carbocycles. The summed E-state index contributed by atoms with van der Waals surface area (Å²) < 4.78 is 0. The first-order valence-corrected chi connectivity index (χ1v) is 3.33. The molecule has 0 saturated carbocycles. The Labute approximate surface area is 61.6 Å². The highest BCUT2D eigenvalue weighted by Gasteiger charge is 1.78.